The third kappa shape index (κ3) is 4.81. The number of hydrogen-bond acceptors (Lipinski definition) is 3. The fraction of sp³-hybridized carbons (Fsp3) is 0.579. The normalized spacial score (nSPS) is 16.7. The van der Waals surface area contributed by atoms with Gasteiger partial charge >= 0.3 is 0 Å². The third-order valence-electron chi connectivity index (χ3n) is 4.30. The van der Waals surface area contributed by atoms with Gasteiger partial charge in [0.2, 0.25) is 0 Å². The summed E-state index contributed by atoms with van der Waals surface area (Å²) < 4.78 is 0. The molecule has 5 heteroatoms. The van der Waals surface area contributed by atoms with Crippen LogP contribution in [0.15, 0.2) is 24.3 Å². The maximum atomic E-state index is 12.5. The molecule has 5 nitrogen and oxygen atoms in total. The molecule has 1 aromatic carbocycles. The average Bonchev–Trinajstić information content (AvgIpc) is 2.91. The molecule has 1 aromatic rings. The molecule has 0 bridgehead atoms. The number of nitrogens with one attached hydrogen (secondary N) is 1. The van der Waals surface area contributed by atoms with Crippen molar-refractivity contribution >= 4 is 11.8 Å². The fourth-order valence-electron chi connectivity index (χ4n) is 3.10. The predicted molar refractivity (Wildman–Crippen MR) is 94.0 cm³/mol. The molecule has 0 aliphatic heterocycles. The number of likely N-dealkylation sites (N-methyl/N-ethyl adjacent to an activating group) is 1. The van der Waals surface area contributed by atoms with Gasteiger partial charge in [0.05, 0.1) is 5.60 Å². The zero-order chi connectivity index (χ0) is 18.0. The maximum absolute atomic E-state index is 12.5. The zero-order valence-electron chi connectivity index (χ0n) is 15.1. The zero-order valence-corrected chi connectivity index (χ0v) is 15.1. The van der Waals surface area contributed by atoms with Crippen molar-refractivity contribution in [3.63, 3.8) is 0 Å². The number of carbonyl (C=O) groups excluding carboxylic acids is 2. The van der Waals surface area contributed by atoms with Crippen molar-refractivity contribution in [1.29, 1.82) is 0 Å². The highest BCUT2D eigenvalue weighted by molar-refractivity contribution is 5.98. The molecule has 0 atom stereocenters. The van der Waals surface area contributed by atoms with Crippen LogP contribution >= 0.6 is 0 Å². The van der Waals surface area contributed by atoms with Gasteiger partial charge in [0.15, 0.2) is 0 Å². The summed E-state index contributed by atoms with van der Waals surface area (Å²) in [4.78, 5) is 26.2. The van der Waals surface area contributed by atoms with Crippen molar-refractivity contribution in [2.45, 2.75) is 57.6 Å². The lowest BCUT2D eigenvalue weighted by Gasteiger charge is -2.28. The molecular formula is C19H28N2O3. The molecule has 0 aromatic heterocycles. The van der Waals surface area contributed by atoms with Crippen LogP contribution in [0.1, 0.15) is 67.2 Å². The molecule has 0 unspecified atom stereocenters. The van der Waals surface area contributed by atoms with E-state index in [0.29, 0.717) is 17.7 Å². The summed E-state index contributed by atoms with van der Waals surface area (Å²) in [5, 5.41) is 13.3. The van der Waals surface area contributed by atoms with Gasteiger partial charge in [-0.3, -0.25) is 9.59 Å². The van der Waals surface area contributed by atoms with Gasteiger partial charge in [-0.1, -0.05) is 12.8 Å². The minimum Gasteiger partial charge on any atom is -0.388 e. The first kappa shape index (κ1) is 18.5. The molecule has 24 heavy (non-hydrogen) atoms. The minimum absolute atomic E-state index is 0.141. The van der Waals surface area contributed by atoms with Crippen LogP contribution in [0.3, 0.4) is 0 Å². The van der Waals surface area contributed by atoms with Gasteiger partial charge < -0.3 is 15.3 Å². The van der Waals surface area contributed by atoms with Gasteiger partial charge in [-0.05, 0) is 57.9 Å². The van der Waals surface area contributed by atoms with E-state index in [1.54, 1.807) is 36.2 Å². The first-order chi connectivity index (χ1) is 11.1. The Morgan fingerprint density at radius 1 is 1.12 bits per heavy atom. The maximum Gasteiger partial charge on any atom is 0.253 e. The number of carbonyl (C=O) groups is 2. The Labute approximate surface area is 144 Å². The molecule has 1 aliphatic carbocycles. The van der Waals surface area contributed by atoms with Crippen molar-refractivity contribution in [2.75, 3.05) is 13.6 Å². The SMILES string of the molecule is CN(CC1(O)CCCC1)C(=O)c1ccc(C(=O)NC(C)(C)C)cc1. The fourth-order valence-corrected chi connectivity index (χ4v) is 3.10. The summed E-state index contributed by atoms with van der Waals surface area (Å²) in [6.07, 6.45) is 3.51. The molecule has 1 saturated carbocycles. The van der Waals surface area contributed by atoms with E-state index in [0.717, 1.165) is 25.7 Å². The number of nitrogens with zero attached hydrogens (tertiary/aromatic N) is 1. The second-order valence-electron chi connectivity index (χ2n) is 7.87. The lowest BCUT2D eigenvalue weighted by atomic mass is 10.0. The number of amides is 2. The van der Waals surface area contributed by atoms with Gasteiger partial charge in [-0.15, -0.1) is 0 Å². The second-order valence-corrected chi connectivity index (χ2v) is 7.87. The third-order valence-corrected chi connectivity index (χ3v) is 4.30. The van der Waals surface area contributed by atoms with E-state index in [1.807, 2.05) is 20.8 Å². The Kier molecular flexibility index (Phi) is 5.33. The molecule has 132 valence electrons. The molecule has 1 fully saturated rings. The summed E-state index contributed by atoms with van der Waals surface area (Å²) in [5.74, 6) is -0.298. The molecule has 2 N–H and O–H groups in total. The first-order valence-corrected chi connectivity index (χ1v) is 8.50. The van der Waals surface area contributed by atoms with E-state index in [1.165, 1.54) is 0 Å². The van der Waals surface area contributed by atoms with Crippen molar-refractivity contribution in [1.82, 2.24) is 10.2 Å². The molecule has 2 rings (SSSR count). The second kappa shape index (κ2) is 6.93. The van der Waals surface area contributed by atoms with Crippen molar-refractivity contribution < 1.29 is 14.7 Å². The number of aliphatic hydroxyl groups is 1. The topological polar surface area (TPSA) is 69.6 Å². The highest BCUT2D eigenvalue weighted by Gasteiger charge is 2.33. The monoisotopic (exact) mass is 332 g/mol. The van der Waals surface area contributed by atoms with Gasteiger partial charge in [0, 0.05) is 30.3 Å². The van der Waals surface area contributed by atoms with E-state index in [4.69, 9.17) is 0 Å². The van der Waals surface area contributed by atoms with E-state index < -0.39 is 5.60 Å². The van der Waals surface area contributed by atoms with Crippen LogP contribution in [-0.2, 0) is 0 Å². The van der Waals surface area contributed by atoms with Crippen LogP contribution in [0.2, 0.25) is 0 Å². The molecule has 0 saturated heterocycles. The summed E-state index contributed by atoms with van der Waals surface area (Å²) >= 11 is 0. The summed E-state index contributed by atoms with van der Waals surface area (Å²) in [6, 6.07) is 6.64. The van der Waals surface area contributed by atoms with Gasteiger partial charge in [0.1, 0.15) is 0 Å². The van der Waals surface area contributed by atoms with Crippen LogP contribution < -0.4 is 5.32 Å². The van der Waals surface area contributed by atoms with E-state index in [9.17, 15) is 14.7 Å². The molecule has 0 radical (unpaired) electrons. The lowest BCUT2D eigenvalue weighted by molar-refractivity contribution is 0.0157. The summed E-state index contributed by atoms with van der Waals surface area (Å²) in [5.41, 5.74) is -0.00983. The highest BCUT2D eigenvalue weighted by Crippen LogP contribution is 2.30. The first-order valence-electron chi connectivity index (χ1n) is 8.50. The quantitative estimate of drug-likeness (QED) is 0.890. The average molecular weight is 332 g/mol. The van der Waals surface area contributed by atoms with Crippen LogP contribution in [0.5, 0.6) is 0 Å². The Morgan fingerprint density at radius 3 is 2.12 bits per heavy atom. The highest BCUT2D eigenvalue weighted by atomic mass is 16.3. The molecule has 1 aliphatic rings. The number of benzene rings is 1. The van der Waals surface area contributed by atoms with Crippen molar-refractivity contribution in [3.05, 3.63) is 35.4 Å². The lowest BCUT2D eigenvalue weighted by Crippen LogP contribution is -2.42. The predicted octanol–water partition coefficient (Wildman–Crippen LogP) is 2.59. The van der Waals surface area contributed by atoms with E-state index >= 15 is 0 Å². The Balaban J connectivity index is 2.01. The Hall–Kier alpha value is -1.88. The molecule has 2 amide bonds. The van der Waals surface area contributed by atoms with Crippen LogP contribution in [0.25, 0.3) is 0 Å². The number of rotatable bonds is 4. The smallest absolute Gasteiger partial charge is 0.253 e. The molecule has 0 spiro atoms. The van der Waals surface area contributed by atoms with E-state index in [-0.39, 0.29) is 17.4 Å². The van der Waals surface area contributed by atoms with Crippen LogP contribution in [0.4, 0.5) is 0 Å². The Bertz CT molecular complexity index is 596. The minimum atomic E-state index is -0.753. The van der Waals surface area contributed by atoms with Gasteiger partial charge in [-0.25, -0.2) is 0 Å². The van der Waals surface area contributed by atoms with Gasteiger partial charge in [-0.2, -0.15) is 0 Å². The Morgan fingerprint density at radius 2 is 1.62 bits per heavy atom. The summed E-state index contributed by atoms with van der Waals surface area (Å²) in [6.45, 7) is 6.11. The van der Waals surface area contributed by atoms with Crippen LogP contribution in [-0.4, -0.2) is 46.6 Å². The standard InChI is InChI=1S/C19H28N2O3/c1-18(2,3)20-16(22)14-7-9-15(10-8-14)17(23)21(4)13-19(24)11-5-6-12-19/h7-10,24H,5-6,11-13H2,1-4H3,(H,20,22). The molecule has 0 heterocycles. The largest absolute Gasteiger partial charge is 0.388 e. The number of hydrogen-bond donors (Lipinski definition) is 2. The van der Waals surface area contributed by atoms with Crippen LogP contribution in [0, 0.1) is 0 Å². The molecular weight excluding hydrogens is 304 g/mol. The van der Waals surface area contributed by atoms with E-state index in [2.05, 4.69) is 5.32 Å². The van der Waals surface area contributed by atoms with Crippen molar-refractivity contribution in [2.24, 2.45) is 0 Å². The summed E-state index contributed by atoms with van der Waals surface area (Å²) in [7, 11) is 1.71. The van der Waals surface area contributed by atoms with Gasteiger partial charge in [0.25, 0.3) is 11.8 Å². The van der Waals surface area contributed by atoms with Crippen molar-refractivity contribution in [3.8, 4) is 0 Å².